The Hall–Kier alpha value is -1.40. The first-order valence-corrected chi connectivity index (χ1v) is 9.49. The van der Waals surface area contributed by atoms with Crippen molar-refractivity contribution in [3.05, 3.63) is 57.5 Å². The molecule has 130 valence electrons. The molecule has 2 aromatic rings. The Balaban J connectivity index is 1.82. The fraction of sp³-hybridized carbons (Fsp3) is 0.176. The molecule has 1 N–H and O–H groups in total. The minimum Gasteiger partial charge on any atom is -0.307 e. The number of carbonyl (C=O) groups excluding carboxylic acids is 1. The largest absolute Gasteiger partial charge is 0.327 e. The van der Waals surface area contributed by atoms with Crippen LogP contribution in [0.1, 0.15) is 6.92 Å². The normalized spacial score (nSPS) is 18.6. The Bertz CT molecular complexity index is 844. The van der Waals surface area contributed by atoms with Crippen molar-refractivity contribution in [2.75, 3.05) is 11.9 Å². The molecule has 0 spiro atoms. The number of rotatable bonds is 2. The second kappa shape index (κ2) is 7.87. The number of aliphatic imine (C=N–C) groups is 1. The number of para-hydroxylation sites is 1. The molecule has 8 heteroatoms. The van der Waals surface area contributed by atoms with E-state index in [0.717, 1.165) is 0 Å². The van der Waals surface area contributed by atoms with Crippen molar-refractivity contribution < 1.29 is 4.79 Å². The number of nitrogens with one attached hydrogen (secondary N) is 1. The molecule has 1 heterocycles. The van der Waals surface area contributed by atoms with Crippen LogP contribution in [0, 0.1) is 0 Å². The highest BCUT2D eigenvalue weighted by molar-refractivity contribution is 8.14. The van der Waals surface area contributed by atoms with Gasteiger partial charge in [0.2, 0.25) is 0 Å². The van der Waals surface area contributed by atoms with Crippen LogP contribution >= 0.6 is 46.6 Å². The highest BCUT2D eigenvalue weighted by Crippen LogP contribution is 2.32. The van der Waals surface area contributed by atoms with E-state index in [1.165, 1.54) is 11.8 Å². The van der Waals surface area contributed by atoms with Gasteiger partial charge in [0.05, 0.1) is 20.8 Å². The van der Waals surface area contributed by atoms with Crippen molar-refractivity contribution in [3.63, 3.8) is 0 Å². The lowest BCUT2D eigenvalue weighted by Gasteiger charge is -2.17. The molecule has 0 saturated carbocycles. The molecule has 2 aromatic carbocycles. The van der Waals surface area contributed by atoms with Gasteiger partial charge in [-0.1, -0.05) is 65.6 Å². The third-order valence-electron chi connectivity index (χ3n) is 3.46. The smallest absolute Gasteiger partial charge is 0.307 e. The zero-order valence-electron chi connectivity index (χ0n) is 13.2. The van der Waals surface area contributed by atoms with E-state index in [9.17, 15) is 4.79 Å². The van der Waals surface area contributed by atoms with Gasteiger partial charge < -0.3 is 5.32 Å². The molecule has 0 radical (unpaired) electrons. The second-order valence-corrected chi connectivity index (χ2v) is 8.07. The summed E-state index contributed by atoms with van der Waals surface area (Å²) in [7, 11) is 0. The SMILES string of the molecule is CC1CN(C(=O)Nc2ccc(Cl)c(Cl)c2)C(=Nc2ccccc2Cl)S1. The maximum absolute atomic E-state index is 12.7. The van der Waals surface area contributed by atoms with Gasteiger partial charge in [0.1, 0.15) is 0 Å². The van der Waals surface area contributed by atoms with E-state index in [1.54, 1.807) is 29.2 Å². The predicted octanol–water partition coefficient (Wildman–Crippen LogP) is 6.30. The van der Waals surface area contributed by atoms with E-state index in [0.29, 0.717) is 38.2 Å². The van der Waals surface area contributed by atoms with Gasteiger partial charge >= 0.3 is 6.03 Å². The first-order valence-electron chi connectivity index (χ1n) is 7.47. The van der Waals surface area contributed by atoms with Crippen molar-refractivity contribution in [2.45, 2.75) is 12.2 Å². The molecule has 1 saturated heterocycles. The number of anilines is 1. The third-order valence-corrected chi connectivity index (χ3v) is 5.59. The molecule has 25 heavy (non-hydrogen) atoms. The molecular formula is C17H14Cl3N3OS. The van der Waals surface area contributed by atoms with Crippen LogP contribution in [0.4, 0.5) is 16.2 Å². The van der Waals surface area contributed by atoms with E-state index < -0.39 is 0 Å². The van der Waals surface area contributed by atoms with Gasteiger partial charge in [0.15, 0.2) is 5.17 Å². The molecular weight excluding hydrogens is 401 g/mol. The van der Waals surface area contributed by atoms with Crippen LogP contribution < -0.4 is 5.32 Å². The van der Waals surface area contributed by atoms with Crippen molar-refractivity contribution >= 4 is 69.1 Å². The lowest BCUT2D eigenvalue weighted by atomic mass is 10.3. The summed E-state index contributed by atoms with van der Waals surface area (Å²) in [5, 5.41) is 5.03. The summed E-state index contributed by atoms with van der Waals surface area (Å²) in [6, 6.07) is 11.9. The number of nitrogens with zero attached hydrogens (tertiary/aromatic N) is 2. The summed E-state index contributed by atoms with van der Waals surface area (Å²) < 4.78 is 0. The van der Waals surface area contributed by atoms with Gasteiger partial charge in [0.25, 0.3) is 0 Å². The van der Waals surface area contributed by atoms with Crippen molar-refractivity contribution in [2.24, 2.45) is 4.99 Å². The molecule has 1 fully saturated rings. The number of benzene rings is 2. The Morgan fingerprint density at radius 3 is 2.64 bits per heavy atom. The molecule has 1 aliphatic heterocycles. The molecule has 0 bridgehead atoms. The fourth-order valence-corrected chi connectivity index (χ4v) is 3.78. The van der Waals surface area contributed by atoms with E-state index in [4.69, 9.17) is 34.8 Å². The Morgan fingerprint density at radius 1 is 1.16 bits per heavy atom. The van der Waals surface area contributed by atoms with Crippen LogP contribution in [0.2, 0.25) is 15.1 Å². The third kappa shape index (κ3) is 4.42. The monoisotopic (exact) mass is 413 g/mol. The van der Waals surface area contributed by atoms with Gasteiger partial charge in [-0.3, -0.25) is 4.90 Å². The molecule has 3 rings (SSSR count). The number of hydrogen-bond donors (Lipinski definition) is 1. The fourth-order valence-electron chi connectivity index (χ4n) is 2.28. The minimum absolute atomic E-state index is 0.237. The summed E-state index contributed by atoms with van der Waals surface area (Å²) in [6.07, 6.45) is 0. The van der Waals surface area contributed by atoms with E-state index in [1.807, 2.05) is 25.1 Å². The average molecular weight is 415 g/mol. The van der Waals surface area contributed by atoms with Gasteiger partial charge in [-0.05, 0) is 30.3 Å². The topological polar surface area (TPSA) is 44.7 Å². The van der Waals surface area contributed by atoms with Gasteiger partial charge in [-0.15, -0.1) is 0 Å². The maximum atomic E-state index is 12.7. The Kier molecular flexibility index (Phi) is 5.79. The molecule has 0 aliphatic carbocycles. The zero-order valence-corrected chi connectivity index (χ0v) is 16.3. The summed E-state index contributed by atoms with van der Waals surface area (Å²) in [6.45, 7) is 2.60. The second-order valence-electron chi connectivity index (χ2n) is 5.44. The van der Waals surface area contributed by atoms with Crippen molar-refractivity contribution in [1.29, 1.82) is 0 Å². The highest BCUT2D eigenvalue weighted by atomic mass is 35.5. The number of thioether (sulfide) groups is 1. The summed E-state index contributed by atoms with van der Waals surface area (Å²) in [5.74, 6) is 0. The lowest BCUT2D eigenvalue weighted by Crippen LogP contribution is -2.36. The van der Waals surface area contributed by atoms with Gasteiger partial charge in [-0.25, -0.2) is 9.79 Å². The van der Waals surface area contributed by atoms with Crippen LogP contribution in [0.5, 0.6) is 0 Å². The Labute approximate surface area is 165 Å². The number of amides is 2. The van der Waals surface area contributed by atoms with Crippen molar-refractivity contribution in [1.82, 2.24) is 4.90 Å². The van der Waals surface area contributed by atoms with E-state index in [2.05, 4.69) is 10.3 Å². The van der Waals surface area contributed by atoms with Crippen LogP contribution in [-0.4, -0.2) is 27.9 Å². The molecule has 4 nitrogen and oxygen atoms in total. The minimum atomic E-state index is -0.277. The number of urea groups is 1. The van der Waals surface area contributed by atoms with Gasteiger partial charge in [-0.2, -0.15) is 0 Å². The summed E-state index contributed by atoms with van der Waals surface area (Å²) >= 11 is 19.6. The molecule has 1 aliphatic rings. The van der Waals surface area contributed by atoms with Gasteiger partial charge in [0, 0.05) is 17.5 Å². The molecule has 1 unspecified atom stereocenters. The lowest BCUT2D eigenvalue weighted by molar-refractivity contribution is 0.235. The molecule has 2 amide bonds. The van der Waals surface area contributed by atoms with E-state index >= 15 is 0 Å². The average Bonchev–Trinajstić information content (AvgIpc) is 2.94. The van der Waals surface area contributed by atoms with Crippen LogP contribution in [0.15, 0.2) is 47.5 Å². The number of carbonyl (C=O) groups is 1. The quantitative estimate of drug-likeness (QED) is 0.626. The standard InChI is InChI=1S/C17H14Cl3N3OS/c1-10-9-23(16(24)21-11-6-7-12(18)14(20)8-11)17(25-10)22-15-5-3-2-4-13(15)19/h2-8,10H,9H2,1H3,(H,21,24). The number of amidine groups is 1. The Morgan fingerprint density at radius 2 is 1.92 bits per heavy atom. The first-order chi connectivity index (χ1) is 11.9. The van der Waals surface area contributed by atoms with Crippen molar-refractivity contribution in [3.8, 4) is 0 Å². The van der Waals surface area contributed by atoms with Crippen LogP contribution in [-0.2, 0) is 0 Å². The molecule has 1 atom stereocenters. The predicted molar refractivity (Wildman–Crippen MR) is 108 cm³/mol. The molecule has 0 aromatic heterocycles. The maximum Gasteiger partial charge on any atom is 0.327 e. The zero-order chi connectivity index (χ0) is 18.0. The number of halogens is 3. The first kappa shape index (κ1) is 18.4. The number of hydrogen-bond acceptors (Lipinski definition) is 3. The van der Waals surface area contributed by atoms with Crippen LogP contribution in [0.25, 0.3) is 0 Å². The van der Waals surface area contributed by atoms with E-state index in [-0.39, 0.29) is 11.3 Å². The summed E-state index contributed by atoms with van der Waals surface area (Å²) in [5.41, 5.74) is 1.20. The highest BCUT2D eigenvalue weighted by Gasteiger charge is 2.31. The van der Waals surface area contributed by atoms with Crippen LogP contribution in [0.3, 0.4) is 0 Å². The summed E-state index contributed by atoms with van der Waals surface area (Å²) in [4.78, 5) is 18.8.